The van der Waals surface area contributed by atoms with Crippen LogP contribution in [0.25, 0.3) is 10.8 Å². The van der Waals surface area contributed by atoms with E-state index >= 15 is 0 Å². The van der Waals surface area contributed by atoms with E-state index in [1.165, 1.54) is 16.3 Å². The van der Waals surface area contributed by atoms with Crippen molar-refractivity contribution < 1.29 is 9.53 Å². The van der Waals surface area contributed by atoms with Gasteiger partial charge >= 0.3 is 0 Å². The SMILES string of the molecule is NC(=O)c1ccccc1C1(c2cccc3ccccc23)COC1. The first-order chi connectivity index (χ1) is 11.2. The second-order valence-corrected chi connectivity index (χ2v) is 6.01. The Morgan fingerprint density at radius 2 is 1.52 bits per heavy atom. The number of primary amides is 1. The molecule has 1 amide bonds. The molecule has 0 unspecified atom stereocenters. The monoisotopic (exact) mass is 303 g/mol. The largest absolute Gasteiger partial charge is 0.379 e. The van der Waals surface area contributed by atoms with E-state index in [0.29, 0.717) is 18.8 Å². The van der Waals surface area contributed by atoms with Gasteiger partial charge in [-0.1, -0.05) is 60.7 Å². The molecule has 23 heavy (non-hydrogen) atoms. The number of fused-ring (bicyclic) bond motifs is 1. The average molecular weight is 303 g/mol. The summed E-state index contributed by atoms with van der Waals surface area (Å²) in [4.78, 5) is 11.9. The standard InChI is InChI=1S/C20H17NO2/c21-19(22)16-9-3-4-10-18(16)20(12-23-13-20)17-11-5-7-14-6-1-2-8-15(14)17/h1-11H,12-13H2,(H2,21,22). The Hall–Kier alpha value is -2.65. The highest BCUT2D eigenvalue weighted by molar-refractivity contribution is 5.96. The van der Waals surface area contributed by atoms with Crippen molar-refractivity contribution in [3.8, 4) is 0 Å². The van der Waals surface area contributed by atoms with Crippen molar-refractivity contribution in [3.05, 3.63) is 83.4 Å². The third-order valence-electron chi connectivity index (χ3n) is 4.71. The quantitative estimate of drug-likeness (QED) is 0.807. The smallest absolute Gasteiger partial charge is 0.249 e. The molecule has 1 heterocycles. The molecule has 3 aromatic rings. The van der Waals surface area contributed by atoms with Crippen LogP contribution in [0.15, 0.2) is 66.7 Å². The first-order valence-corrected chi connectivity index (χ1v) is 7.68. The van der Waals surface area contributed by atoms with E-state index in [2.05, 4.69) is 30.3 Å². The first-order valence-electron chi connectivity index (χ1n) is 7.68. The summed E-state index contributed by atoms with van der Waals surface area (Å²) in [5.74, 6) is -0.396. The van der Waals surface area contributed by atoms with Crippen molar-refractivity contribution >= 4 is 16.7 Å². The van der Waals surface area contributed by atoms with Gasteiger partial charge in [0.2, 0.25) is 5.91 Å². The third-order valence-corrected chi connectivity index (χ3v) is 4.71. The molecule has 0 aromatic heterocycles. The number of carbonyl (C=O) groups is 1. The zero-order valence-corrected chi connectivity index (χ0v) is 12.7. The number of hydrogen-bond acceptors (Lipinski definition) is 2. The van der Waals surface area contributed by atoms with Crippen molar-refractivity contribution in [3.63, 3.8) is 0 Å². The molecule has 3 aromatic carbocycles. The number of amides is 1. The average Bonchev–Trinajstić information content (AvgIpc) is 2.54. The third kappa shape index (κ3) is 2.05. The lowest BCUT2D eigenvalue weighted by molar-refractivity contribution is -0.0375. The molecule has 4 rings (SSSR count). The summed E-state index contributed by atoms with van der Waals surface area (Å²) in [5.41, 5.74) is 8.01. The minimum Gasteiger partial charge on any atom is -0.379 e. The van der Waals surface area contributed by atoms with Gasteiger partial charge in [-0.25, -0.2) is 0 Å². The molecule has 114 valence electrons. The molecular formula is C20H17NO2. The second-order valence-electron chi connectivity index (χ2n) is 6.01. The summed E-state index contributed by atoms with van der Waals surface area (Å²) < 4.78 is 5.58. The molecule has 3 heteroatoms. The molecule has 1 aliphatic rings. The summed E-state index contributed by atoms with van der Waals surface area (Å²) in [6, 6.07) is 22.2. The summed E-state index contributed by atoms with van der Waals surface area (Å²) in [5, 5.41) is 2.38. The van der Waals surface area contributed by atoms with E-state index in [1.807, 2.05) is 30.3 Å². The Bertz CT molecular complexity index is 892. The van der Waals surface area contributed by atoms with Crippen LogP contribution < -0.4 is 5.73 Å². The minimum atomic E-state index is -0.396. The zero-order chi connectivity index (χ0) is 15.9. The van der Waals surface area contributed by atoms with Crippen molar-refractivity contribution in [1.82, 2.24) is 0 Å². The Morgan fingerprint density at radius 3 is 2.26 bits per heavy atom. The fraction of sp³-hybridized carbons (Fsp3) is 0.150. The molecule has 0 aliphatic carbocycles. The molecule has 0 bridgehead atoms. The van der Waals surface area contributed by atoms with Crippen LogP contribution in [0.2, 0.25) is 0 Å². The fourth-order valence-corrected chi connectivity index (χ4v) is 3.52. The molecule has 0 saturated carbocycles. The van der Waals surface area contributed by atoms with E-state index in [9.17, 15) is 4.79 Å². The Morgan fingerprint density at radius 1 is 0.870 bits per heavy atom. The van der Waals surface area contributed by atoms with Gasteiger partial charge in [-0.2, -0.15) is 0 Å². The molecule has 1 aliphatic heterocycles. The van der Waals surface area contributed by atoms with E-state index in [4.69, 9.17) is 10.5 Å². The van der Waals surface area contributed by atoms with Crippen LogP contribution in [0.3, 0.4) is 0 Å². The molecule has 0 spiro atoms. The predicted octanol–water partition coefficient (Wildman–Crippen LogP) is 3.26. The van der Waals surface area contributed by atoms with Gasteiger partial charge in [-0.15, -0.1) is 0 Å². The number of ether oxygens (including phenoxy) is 1. The maximum Gasteiger partial charge on any atom is 0.249 e. The van der Waals surface area contributed by atoms with Gasteiger partial charge in [0.1, 0.15) is 0 Å². The van der Waals surface area contributed by atoms with Gasteiger partial charge in [0.25, 0.3) is 0 Å². The first kappa shape index (κ1) is 14.0. The zero-order valence-electron chi connectivity index (χ0n) is 12.7. The molecule has 2 N–H and O–H groups in total. The van der Waals surface area contributed by atoms with Gasteiger partial charge in [-0.05, 0) is 28.0 Å². The van der Waals surface area contributed by atoms with Gasteiger partial charge in [0.15, 0.2) is 0 Å². The van der Waals surface area contributed by atoms with Gasteiger partial charge in [0, 0.05) is 5.56 Å². The van der Waals surface area contributed by atoms with Crippen molar-refractivity contribution in [2.24, 2.45) is 5.73 Å². The molecular weight excluding hydrogens is 286 g/mol. The van der Waals surface area contributed by atoms with Crippen LogP contribution in [0, 0.1) is 0 Å². The predicted molar refractivity (Wildman–Crippen MR) is 90.5 cm³/mol. The Kier molecular flexibility index (Phi) is 3.17. The highest BCUT2D eigenvalue weighted by Crippen LogP contribution is 2.43. The van der Waals surface area contributed by atoms with Crippen LogP contribution in [0.4, 0.5) is 0 Å². The molecule has 1 fully saturated rings. The minimum absolute atomic E-state index is 0.313. The summed E-state index contributed by atoms with van der Waals surface area (Å²) in [6.45, 7) is 1.12. The van der Waals surface area contributed by atoms with Crippen LogP contribution in [-0.4, -0.2) is 19.1 Å². The topological polar surface area (TPSA) is 52.3 Å². The number of benzene rings is 3. The lowest BCUT2D eigenvalue weighted by atomic mass is 9.70. The summed E-state index contributed by atoms with van der Waals surface area (Å²) >= 11 is 0. The van der Waals surface area contributed by atoms with Crippen molar-refractivity contribution in [1.29, 1.82) is 0 Å². The summed E-state index contributed by atoms with van der Waals surface area (Å²) in [6.07, 6.45) is 0. The van der Waals surface area contributed by atoms with E-state index in [0.717, 1.165) is 5.56 Å². The molecule has 1 saturated heterocycles. The molecule has 0 radical (unpaired) electrons. The van der Waals surface area contributed by atoms with Crippen molar-refractivity contribution in [2.75, 3.05) is 13.2 Å². The maximum atomic E-state index is 11.9. The lowest BCUT2D eigenvalue weighted by Crippen LogP contribution is -2.49. The van der Waals surface area contributed by atoms with Crippen LogP contribution in [-0.2, 0) is 10.2 Å². The fourth-order valence-electron chi connectivity index (χ4n) is 3.52. The molecule has 0 atom stereocenters. The highest BCUT2D eigenvalue weighted by Gasteiger charge is 2.44. The van der Waals surface area contributed by atoms with Gasteiger partial charge in [0.05, 0.1) is 18.6 Å². The van der Waals surface area contributed by atoms with Gasteiger partial charge < -0.3 is 10.5 Å². The van der Waals surface area contributed by atoms with Crippen LogP contribution in [0.5, 0.6) is 0 Å². The van der Waals surface area contributed by atoms with Gasteiger partial charge in [-0.3, -0.25) is 4.79 Å². The Labute approximate surface area is 134 Å². The number of carbonyl (C=O) groups excluding carboxylic acids is 1. The number of hydrogen-bond donors (Lipinski definition) is 1. The van der Waals surface area contributed by atoms with Crippen LogP contribution >= 0.6 is 0 Å². The molecule has 3 nitrogen and oxygen atoms in total. The number of rotatable bonds is 3. The van der Waals surface area contributed by atoms with E-state index < -0.39 is 5.91 Å². The normalized spacial score (nSPS) is 16.0. The maximum absolute atomic E-state index is 11.9. The number of nitrogens with two attached hydrogens (primary N) is 1. The summed E-state index contributed by atoms with van der Waals surface area (Å²) in [7, 11) is 0. The lowest BCUT2D eigenvalue weighted by Gasteiger charge is -2.43. The second kappa shape index (κ2) is 5.21. The van der Waals surface area contributed by atoms with E-state index in [1.54, 1.807) is 6.07 Å². The Balaban J connectivity index is 2.00. The van der Waals surface area contributed by atoms with E-state index in [-0.39, 0.29) is 5.41 Å². The van der Waals surface area contributed by atoms with Crippen LogP contribution in [0.1, 0.15) is 21.5 Å². The van der Waals surface area contributed by atoms with Crippen molar-refractivity contribution in [2.45, 2.75) is 5.41 Å². The highest BCUT2D eigenvalue weighted by atomic mass is 16.5.